The van der Waals surface area contributed by atoms with Crippen LogP contribution >= 0.6 is 15.9 Å². The van der Waals surface area contributed by atoms with Gasteiger partial charge in [0, 0.05) is 10.9 Å². The summed E-state index contributed by atoms with van der Waals surface area (Å²) in [5, 5.41) is 8.29. The molecule has 0 aromatic carbocycles. The lowest BCUT2D eigenvalue weighted by Gasteiger charge is -1.68. The fraction of sp³-hybridized carbons (Fsp3) is 0.500. The molecule has 2 heteroatoms. The zero-order valence-corrected chi connectivity index (χ0v) is 4.83. The van der Waals surface area contributed by atoms with Crippen molar-refractivity contribution in [1.82, 2.24) is 0 Å². The van der Waals surface area contributed by atoms with E-state index in [2.05, 4.69) is 15.9 Å². The van der Waals surface area contributed by atoms with Gasteiger partial charge in [-0.2, -0.15) is 0 Å². The van der Waals surface area contributed by atoms with E-state index in [9.17, 15) is 0 Å². The number of hydrogen-bond donors (Lipinski definition) is 1. The Morgan fingerprint density at radius 3 is 2.33 bits per heavy atom. The van der Waals surface area contributed by atoms with Crippen molar-refractivity contribution in [2.45, 2.75) is 6.42 Å². The normalized spacial score (nSPS) is 19.0. The molecule has 1 rings (SSSR count). The molecule has 0 aromatic heterocycles. The fourth-order valence-corrected chi connectivity index (χ4v) is 0.749. The van der Waals surface area contributed by atoms with Gasteiger partial charge in [0.2, 0.25) is 0 Å². The highest BCUT2D eigenvalue weighted by Crippen LogP contribution is 2.34. The lowest BCUT2D eigenvalue weighted by Crippen LogP contribution is -1.70. The molecule has 0 atom stereocenters. The summed E-state index contributed by atoms with van der Waals surface area (Å²) in [7, 11) is 0. The van der Waals surface area contributed by atoms with Crippen LogP contribution in [0.4, 0.5) is 0 Å². The van der Waals surface area contributed by atoms with E-state index < -0.39 is 0 Å². The Bertz CT molecular complexity index is 95.7. The molecule has 0 fully saturated rings. The van der Waals surface area contributed by atoms with Gasteiger partial charge >= 0.3 is 0 Å². The Hall–Kier alpha value is 0.180. The summed E-state index contributed by atoms with van der Waals surface area (Å²) in [5.41, 5.74) is 1.15. The first kappa shape index (κ1) is 4.34. The van der Waals surface area contributed by atoms with E-state index in [1.807, 2.05) is 0 Å². The number of aliphatic hydroxyl groups excluding tert-OH is 1. The van der Waals surface area contributed by atoms with Gasteiger partial charge in [-0.1, -0.05) is 15.9 Å². The van der Waals surface area contributed by atoms with Crippen molar-refractivity contribution >= 4 is 15.9 Å². The lowest BCUT2D eigenvalue weighted by molar-refractivity contribution is 0.335. The van der Waals surface area contributed by atoms with Gasteiger partial charge in [0.25, 0.3) is 0 Å². The Kier molecular flexibility index (Phi) is 0.979. The molecule has 0 heterocycles. The van der Waals surface area contributed by atoms with Crippen molar-refractivity contribution < 1.29 is 5.11 Å². The van der Waals surface area contributed by atoms with E-state index in [0.29, 0.717) is 0 Å². The topological polar surface area (TPSA) is 20.2 Å². The number of halogens is 1. The molecular formula is C4H5BrO. The Labute approximate surface area is 44.8 Å². The van der Waals surface area contributed by atoms with E-state index in [-0.39, 0.29) is 6.61 Å². The molecule has 0 bridgehead atoms. The molecule has 0 saturated carbocycles. The van der Waals surface area contributed by atoms with E-state index in [0.717, 1.165) is 12.0 Å². The third-order valence-electron chi connectivity index (χ3n) is 0.818. The van der Waals surface area contributed by atoms with Crippen LogP contribution in [-0.2, 0) is 0 Å². The zero-order chi connectivity index (χ0) is 4.57. The molecule has 6 heavy (non-hydrogen) atoms. The average molecular weight is 149 g/mol. The molecule has 1 aliphatic rings. The van der Waals surface area contributed by atoms with Gasteiger partial charge in [0.05, 0.1) is 6.61 Å². The third kappa shape index (κ3) is 0.632. The molecule has 1 N–H and O–H groups in total. The van der Waals surface area contributed by atoms with Crippen LogP contribution in [0.25, 0.3) is 0 Å². The van der Waals surface area contributed by atoms with E-state index >= 15 is 0 Å². The van der Waals surface area contributed by atoms with Gasteiger partial charge in [-0.25, -0.2) is 0 Å². The van der Waals surface area contributed by atoms with Crippen molar-refractivity contribution in [3.63, 3.8) is 0 Å². The minimum Gasteiger partial charge on any atom is -0.392 e. The predicted octanol–water partition coefficient (Wildman–Crippen LogP) is 1.03. The summed E-state index contributed by atoms with van der Waals surface area (Å²) < 4.78 is 1.19. The molecule has 0 aromatic rings. The minimum atomic E-state index is 0.237. The number of allylic oxidation sites excluding steroid dienone is 1. The third-order valence-corrected chi connectivity index (χ3v) is 1.66. The summed E-state index contributed by atoms with van der Waals surface area (Å²) in [6.07, 6.45) is 0.997. The second kappa shape index (κ2) is 1.35. The largest absolute Gasteiger partial charge is 0.392 e. The molecule has 0 aliphatic heterocycles. The van der Waals surface area contributed by atoms with E-state index in [4.69, 9.17) is 5.11 Å². The number of hydrogen-bond acceptors (Lipinski definition) is 1. The second-order valence-corrected chi connectivity index (χ2v) is 2.30. The molecular weight excluding hydrogens is 144 g/mol. The molecule has 0 radical (unpaired) electrons. The summed E-state index contributed by atoms with van der Waals surface area (Å²) in [6.45, 7) is 0.237. The summed E-state index contributed by atoms with van der Waals surface area (Å²) in [5.74, 6) is 0. The van der Waals surface area contributed by atoms with Crippen LogP contribution in [-0.4, -0.2) is 11.7 Å². The standard InChI is InChI=1S/C4H5BrO/c5-4-1-3(4)2-6/h6H,1-2H2. The van der Waals surface area contributed by atoms with Gasteiger partial charge in [-0.15, -0.1) is 0 Å². The zero-order valence-electron chi connectivity index (χ0n) is 3.24. The molecule has 34 valence electrons. The highest BCUT2D eigenvalue weighted by molar-refractivity contribution is 9.12. The van der Waals surface area contributed by atoms with E-state index in [1.54, 1.807) is 0 Å². The molecule has 0 saturated heterocycles. The first-order valence-corrected chi connectivity index (χ1v) is 2.61. The van der Waals surface area contributed by atoms with E-state index in [1.165, 1.54) is 4.48 Å². The maximum atomic E-state index is 8.29. The minimum absolute atomic E-state index is 0.237. The maximum absolute atomic E-state index is 8.29. The van der Waals surface area contributed by atoms with Crippen LogP contribution in [0.2, 0.25) is 0 Å². The molecule has 1 aliphatic carbocycles. The monoisotopic (exact) mass is 148 g/mol. The lowest BCUT2D eigenvalue weighted by atomic mass is 10.5. The SMILES string of the molecule is OCC1=C(Br)C1. The average Bonchev–Trinajstić information content (AvgIpc) is 2.19. The molecule has 0 amide bonds. The quantitative estimate of drug-likeness (QED) is 0.590. The first-order valence-electron chi connectivity index (χ1n) is 1.82. The first-order chi connectivity index (χ1) is 2.84. The van der Waals surface area contributed by atoms with Gasteiger partial charge in [-0.05, 0) is 5.57 Å². The van der Waals surface area contributed by atoms with Crippen molar-refractivity contribution in [2.75, 3.05) is 6.61 Å². The van der Waals surface area contributed by atoms with Gasteiger partial charge in [0.1, 0.15) is 0 Å². The number of aliphatic hydroxyl groups is 1. The van der Waals surface area contributed by atoms with Crippen LogP contribution in [0.5, 0.6) is 0 Å². The Balaban J connectivity index is 2.38. The van der Waals surface area contributed by atoms with Crippen LogP contribution < -0.4 is 0 Å². The maximum Gasteiger partial charge on any atom is 0.0656 e. The summed E-state index contributed by atoms with van der Waals surface area (Å²) >= 11 is 3.23. The number of rotatable bonds is 1. The van der Waals surface area contributed by atoms with Gasteiger partial charge in [-0.3, -0.25) is 0 Å². The highest BCUT2D eigenvalue weighted by Gasteiger charge is 2.15. The Morgan fingerprint density at radius 2 is 2.33 bits per heavy atom. The van der Waals surface area contributed by atoms with Crippen LogP contribution in [0.1, 0.15) is 6.42 Å². The van der Waals surface area contributed by atoms with Crippen LogP contribution in [0.15, 0.2) is 10.1 Å². The fourth-order valence-electron chi connectivity index (χ4n) is 0.285. The molecule has 0 spiro atoms. The van der Waals surface area contributed by atoms with Crippen molar-refractivity contribution in [3.8, 4) is 0 Å². The van der Waals surface area contributed by atoms with Crippen molar-refractivity contribution in [2.24, 2.45) is 0 Å². The summed E-state index contributed by atoms with van der Waals surface area (Å²) in [6, 6.07) is 0. The molecule has 1 nitrogen and oxygen atoms in total. The van der Waals surface area contributed by atoms with Gasteiger partial charge < -0.3 is 5.11 Å². The summed E-state index contributed by atoms with van der Waals surface area (Å²) in [4.78, 5) is 0. The van der Waals surface area contributed by atoms with Crippen molar-refractivity contribution in [1.29, 1.82) is 0 Å². The smallest absolute Gasteiger partial charge is 0.0656 e. The molecule has 0 unspecified atom stereocenters. The highest BCUT2D eigenvalue weighted by atomic mass is 79.9. The Morgan fingerprint density at radius 1 is 1.83 bits per heavy atom. The van der Waals surface area contributed by atoms with Crippen LogP contribution in [0.3, 0.4) is 0 Å². The predicted molar refractivity (Wildman–Crippen MR) is 27.7 cm³/mol. The van der Waals surface area contributed by atoms with Crippen LogP contribution in [0, 0.1) is 0 Å². The second-order valence-electron chi connectivity index (χ2n) is 1.34. The van der Waals surface area contributed by atoms with Crippen molar-refractivity contribution in [3.05, 3.63) is 10.1 Å². The van der Waals surface area contributed by atoms with Gasteiger partial charge in [0.15, 0.2) is 0 Å².